The molecule has 0 radical (unpaired) electrons. The van der Waals surface area contributed by atoms with Crippen molar-refractivity contribution in [2.24, 2.45) is 0 Å². The molecular formula is C9H10S. The molecule has 0 saturated carbocycles. The zero-order valence-corrected chi connectivity index (χ0v) is 6.87. The van der Waals surface area contributed by atoms with Crippen LogP contribution in [0.5, 0.6) is 0 Å². The number of allylic oxidation sites excluding steroid dienone is 1. The lowest BCUT2D eigenvalue weighted by molar-refractivity contribution is 0.984. The average Bonchev–Trinajstić information content (AvgIpc) is 2.34. The molecule has 1 aliphatic rings. The molecule has 0 saturated heterocycles. The molecule has 1 heterocycles. The summed E-state index contributed by atoms with van der Waals surface area (Å²) in [6.07, 6.45) is 6.97. The van der Waals surface area contributed by atoms with Crippen LogP contribution >= 0.6 is 11.3 Å². The monoisotopic (exact) mass is 150 g/mol. The fraction of sp³-hybridized carbons (Fsp3) is 0.333. The SMILES string of the molecule is Cc1scc2c1CCC=C2. The van der Waals surface area contributed by atoms with Crippen molar-refractivity contribution < 1.29 is 0 Å². The summed E-state index contributed by atoms with van der Waals surface area (Å²) in [5.41, 5.74) is 3.03. The van der Waals surface area contributed by atoms with Gasteiger partial charge in [0.15, 0.2) is 0 Å². The summed E-state index contributed by atoms with van der Waals surface area (Å²) in [4.78, 5) is 1.50. The van der Waals surface area contributed by atoms with Crippen molar-refractivity contribution in [3.8, 4) is 0 Å². The Bertz CT molecular complexity index is 268. The van der Waals surface area contributed by atoms with E-state index in [4.69, 9.17) is 0 Å². The molecule has 0 aromatic carbocycles. The third-order valence-corrected chi connectivity index (χ3v) is 2.97. The van der Waals surface area contributed by atoms with Crippen molar-refractivity contribution in [3.05, 3.63) is 27.5 Å². The third-order valence-electron chi connectivity index (χ3n) is 1.99. The van der Waals surface area contributed by atoms with E-state index in [2.05, 4.69) is 24.5 Å². The fourth-order valence-corrected chi connectivity index (χ4v) is 2.28. The average molecular weight is 150 g/mol. The van der Waals surface area contributed by atoms with Gasteiger partial charge in [0.25, 0.3) is 0 Å². The summed E-state index contributed by atoms with van der Waals surface area (Å²) in [7, 11) is 0. The third kappa shape index (κ3) is 0.816. The van der Waals surface area contributed by atoms with E-state index in [1.807, 2.05) is 11.3 Å². The van der Waals surface area contributed by atoms with Crippen LogP contribution in [-0.2, 0) is 6.42 Å². The van der Waals surface area contributed by atoms with Crippen LogP contribution in [0.4, 0.5) is 0 Å². The number of hydrogen-bond acceptors (Lipinski definition) is 1. The van der Waals surface area contributed by atoms with Gasteiger partial charge in [0.05, 0.1) is 0 Å². The highest BCUT2D eigenvalue weighted by molar-refractivity contribution is 7.10. The smallest absolute Gasteiger partial charge is 0.00524 e. The molecule has 0 amide bonds. The van der Waals surface area contributed by atoms with Crippen molar-refractivity contribution >= 4 is 17.4 Å². The highest BCUT2D eigenvalue weighted by Crippen LogP contribution is 2.27. The Balaban J connectivity index is 2.57. The molecule has 0 N–H and O–H groups in total. The lowest BCUT2D eigenvalue weighted by Crippen LogP contribution is -1.90. The fourth-order valence-electron chi connectivity index (χ4n) is 1.40. The van der Waals surface area contributed by atoms with Crippen LogP contribution in [0, 0.1) is 6.92 Å². The van der Waals surface area contributed by atoms with E-state index in [-0.39, 0.29) is 0 Å². The van der Waals surface area contributed by atoms with Gasteiger partial charge in [-0.2, -0.15) is 0 Å². The minimum atomic E-state index is 1.23. The number of thiophene rings is 1. The van der Waals surface area contributed by atoms with Gasteiger partial charge >= 0.3 is 0 Å². The van der Waals surface area contributed by atoms with Gasteiger partial charge in [0.2, 0.25) is 0 Å². The Morgan fingerprint density at radius 1 is 1.50 bits per heavy atom. The van der Waals surface area contributed by atoms with E-state index in [0.717, 1.165) is 0 Å². The van der Waals surface area contributed by atoms with E-state index in [1.165, 1.54) is 23.3 Å². The molecule has 10 heavy (non-hydrogen) atoms. The van der Waals surface area contributed by atoms with Gasteiger partial charge in [0.1, 0.15) is 0 Å². The van der Waals surface area contributed by atoms with Crippen LogP contribution in [0.3, 0.4) is 0 Å². The van der Waals surface area contributed by atoms with Gasteiger partial charge in [-0.1, -0.05) is 12.2 Å². The largest absolute Gasteiger partial charge is 0.148 e. The van der Waals surface area contributed by atoms with Crippen LogP contribution in [0.25, 0.3) is 6.08 Å². The highest BCUT2D eigenvalue weighted by atomic mass is 32.1. The number of aryl methyl sites for hydroxylation is 1. The van der Waals surface area contributed by atoms with Crippen molar-refractivity contribution in [1.29, 1.82) is 0 Å². The van der Waals surface area contributed by atoms with Gasteiger partial charge in [0, 0.05) is 4.88 Å². The first-order chi connectivity index (χ1) is 4.88. The molecular weight excluding hydrogens is 140 g/mol. The molecule has 2 rings (SSSR count). The van der Waals surface area contributed by atoms with Gasteiger partial charge in [-0.3, -0.25) is 0 Å². The molecule has 52 valence electrons. The van der Waals surface area contributed by atoms with E-state index < -0.39 is 0 Å². The second-order valence-corrected chi connectivity index (χ2v) is 3.75. The van der Waals surface area contributed by atoms with Gasteiger partial charge in [-0.05, 0) is 36.3 Å². The maximum absolute atomic E-state index is 2.26. The molecule has 0 nitrogen and oxygen atoms in total. The predicted molar refractivity (Wildman–Crippen MR) is 46.4 cm³/mol. The zero-order valence-electron chi connectivity index (χ0n) is 6.05. The summed E-state index contributed by atoms with van der Waals surface area (Å²) >= 11 is 1.87. The van der Waals surface area contributed by atoms with Crippen LogP contribution < -0.4 is 0 Å². The summed E-state index contributed by atoms with van der Waals surface area (Å²) in [6, 6.07) is 0. The minimum Gasteiger partial charge on any atom is -0.148 e. The highest BCUT2D eigenvalue weighted by Gasteiger charge is 2.07. The van der Waals surface area contributed by atoms with Crippen LogP contribution in [0.15, 0.2) is 11.5 Å². The molecule has 1 aliphatic carbocycles. The van der Waals surface area contributed by atoms with Crippen LogP contribution in [-0.4, -0.2) is 0 Å². The van der Waals surface area contributed by atoms with Crippen LogP contribution in [0.2, 0.25) is 0 Å². The first-order valence-electron chi connectivity index (χ1n) is 3.61. The van der Waals surface area contributed by atoms with Crippen molar-refractivity contribution in [2.75, 3.05) is 0 Å². The van der Waals surface area contributed by atoms with Crippen molar-refractivity contribution in [1.82, 2.24) is 0 Å². The standard InChI is InChI=1S/C9H10S/c1-7-9-5-3-2-4-8(9)6-10-7/h2,4,6H,3,5H2,1H3. The molecule has 0 spiro atoms. The molecule has 0 unspecified atom stereocenters. The Kier molecular flexibility index (Phi) is 1.38. The summed E-state index contributed by atoms with van der Waals surface area (Å²) in [5, 5.41) is 2.25. The predicted octanol–water partition coefficient (Wildman–Crippen LogP) is 3.02. The number of fused-ring (bicyclic) bond motifs is 1. The second kappa shape index (κ2) is 2.24. The van der Waals surface area contributed by atoms with Crippen molar-refractivity contribution in [2.45, 2.75) is 19.8 Å². The van der Waals surface area contributed by atoms with E-state index >= 15 is 0 Å². The minimum absolute atomic E-state index is 1.23. The normalized spacial score (nSPS) is 15.3. The zero-order chi connectivity index (χ0) is 6.97. The first-order valence-corrected chi connectivity index (χ1v) is 4.49. The lowest BCUT2D eigenvalue weighted by atomic mass is 10.0. The molecule has 1 heteroatoms. The van der Waals surface area contributed by atoms with Gasteiger partial charge in [-0.15, -0.1) is 11.3 Å². The number of rotatable bonds is 0. The maximum atomic E-state index is 2.26. The van der Waals surface area contributed by atoms with E-state index in [9.17, 15) is 0 Å². The Labute approximate surface area is 65.2 Å². The van der Waals surface area contributed by atoms with Gasteiger partial charge < -0.3 is 0 Å². The molecule has 0 bridgehead atoms. The van der Waals surface area contributed by atoms with Crippen molar-refractivity contribution in [3.63, 3.8) is 0 Å². The quantitative estimate of drug-likeness (QED) is 0.533. The van der Waals surface area contributed by atoms with Gasteiger partial charge in [-0.25, -0.2) is 0 Å². The summed E-state index contributed by atoms with van der Waals surface area (Å²) in [5.74, 6) is 0. The Morgan fingerprint density at radius 3 is 3.20 bits per heavy atom. The van der Waals surface area contributed by atoms with E-state index in [1.54, 1.807) is 5.56 Å². The van der Waals surface area contributed by atoms with Crippen LogP contribution in [0.1, 0.15) is 22.4 Å². The first kappa shape index (κ1) is 6.17. The molecule has 0 aliphatic heterocycles. The lowest BCUT2D eigenvalue weighted by Gasteiger charge is -2.04. The molecule has 1 aromatic rings. The summed E-state index contributed by atoms with van der Waals surface area (Å²) in [6.45, 7) is 2.21. The molecule has 0 atom stereocenters. The number of hydrogen-bond donors (Lipinski definition) is 0. The van der Waals surface area contributed by atoms with E-state index in [0.29, 0.717) is 0 Å². The Morgan fingerprint density at radius 2 is 2.40 bits per heavy atom. The maximum Gasteiger partial charge on any atom is 0.00524 e. The Hall–Kier alpha value is -0.560. The summed E-state index contributed by atoms with van der Waals surface area (Å²) < 4.78 is 0. The topological polar surface area (TPSA) is 0 Å². The second-order valence-electron chi connectivity index (χ2n) is 2.67. The molecule has 0 fully saturated rings. The molecule has 1 aromatic heterocycles.